The number of hydrogen-bond acceptors (Lipinski definition) is 4. The van der Waals surface area contributed by atoms with Crippen LogP contribution in [0.2, 0.25) is 0 Å². The standard InChI is InChI=1S/C12H23N3O/c1-14-8-11-9-16-7-6-15(11)12(10-14)2-4-13-5-3-12/h11,13H,2-10H2,1H3. The molecule has 0 bridgehead atoms. The van der Waals surface area contributed by atoms with Crippen LogP contribution in [0.3, 0.4) is 0 Å². The first-order valence-corrected chi connectivity index (χ1v) is 6.54. The van der Waals surface area contributed by atoms with Crippen LogP contribution in [0.25, 0.3) is 0 Å². The van der Waals surface area contributed by atoms with E-state index in [1.165, 1.54) is 39.0 Å². The highest BCUT2D eigenvalue weighted by Crippen LogP contribution is 2.33. The Kier molecular flexibility index (Phi) is 2.92. The number of hydrogen-bond donors (Lipinski definition) is 1. The number of morpholine rings is 1. The monoisotopic (exact) mass is 225 g/mol. The number of piperazine rings is 1. The molecule has 4 heteroatoms. The number of nitrogens with one attached hydrogen (secondary N) is 1. The van der Waals surface area contributed by atoms with Gasteiger partial charge < -0.3 is 15.0 Å². The van der Waals surface area contributed by atoms with Crippen LogP contribution in [0.4, 0.5) is 0 Å². The molecule has 4 nitrogen and oxygen atoms in total. The molecular weight excluding hydrogens is 202 g/mol. The predicted octanol–water partition coefficient (Wildman–Crippen LogP) is -0.245. The third kappa shape index (κ3) is 1.78. The molecule has 0 radical (unpaired) electrons. The van der Waals surface area contributed by atoms with Crippen molar-refractivity contribution in [3.63, 3.8) is 0 Å². The number of rotatable bonds is 0. The topological polar surface area (TPSA) is 27.7 Å². The fourth-order valence-corrected chi connectivity index (χ4v) is 3.79. The Hall–Kier alpha value is -0.160. The van der Waals surface area contributed by atoms with E-state index in [0.717, 1.165) is 19.8 Å². The van der Waals surface area contributed by atoms with Crippen molar-refractivity contribution in [3.8, 4) is 0 Å². The first-order valence-electron chi connectivity index (χ1n) is 6.54. The Morgan fingerprint density at radius 2 is 2.12 bits per heavy atom. The quantitative estimate of drug-likeness (QED) is 0.615. The molecule has 3 heterocycles. The highest BCUT2D eigenvalue weighted by Gasteiger charge is 2.46. The predicted molar refractivity (Wildman–Crippen MR) is 63.6 cm³/mol. The molecule has 0 aromatic carbocycles. The molecule has 3 aliphatic heterocycles. The maximum Gasteiger partial charge on any atom is 0.0635 e. The van der Waals surface area contributed by atoms with Gasteiger partial charge in [-0.25, -0.2) is 0 Å². The zero-order valence-corrected chi connectivity index (χ0v) is 10.2. The van der Waals surface area contributed by atoms with Crippen LogP contribution in [0.5, 0.6) is 0 Å². The Labute approximate surface area is 97.9 Å². The van der Waals surface area contributed by atoms with Gasteiger partial charge >= 0.3 is 0 Å². The molecule has 3 fully saturated rings. The van der Waals surface area contributed by atoms with Crippen LogP contribution in [-0.2, 0) is 4.74 Å². The lowest BCUT2D eigenvalue weighted by molar-refractivity contribution is -0.118. The lowest BCUT2D eigenvalue weighted by Crippen LogP contribution is -2.70. The second-order valence-corrected chi connectivity index (χ2v) is 5.59. The zero-order chi connectivity index (χ0) is 11.0. The first-order chi connectivity index (χ1) is 7.80. The largest absolute Gasteiger partial charge is 0.378 e. The Balaban J connectivity index is 1.82. The fourth-order valence-electron chi connectivity index (χ4n) is 3.79. The van der Waals surface area contributed by atoms with Gasteiger partial charge in [0.05, 0.1) is 13.2 Å². The minimum atomic E-state index is 0.437. The van der Waals surface area contributed by atoms with Gasteiger partial charge in [-0.3, -0.25) is 4.90 Å². The van der Waals surface area contributed by atoms with Crippen LogP contribution >= 0.6 is 0 Å². The van der Waals surface area contributed by atoms with Gasteiger partial charge in [-0.1, -0.05) is 0 Å². The number of fused-ring (bicyclic) bond motifs is 2. The molecule has 92 valence electrons. The molecule has 1 atom stereocenters. The summed E-state index contributed by atoms with van der Waals surface area (Å²) in [5, 5.41) is 3.49. The van der Waals surface area contributed by atoms with Gasteiger partial charge in [-0.15, -0.1) is 0 Å². The molecule has 0 amide bonds. The van der Waals surface area contributed by atoms with Crippen molar-refractivity contribution in [3.05, 3.63) is 0 Å². The van der Waals surface area contributed by atoms with E-state index < -0.39 is 0 Å². The van der Waals surface area contributed by atoms with Gasteiger partial charge in [-0.05, 0) is 33.0 Å². The van der Waals surface area contributed by atoms with Gasteiger partial charge in [0.25, 0.3) is 0 Å². The van der Waals surface area contributed by atoms with Crippen LogP contribution in [0.15, 0.2) is 0 Å². The lowest BCUT2D eigenvalue weighted by atomic mass is 9.82. The third-order valence-electron chi connectivity index (χ3n) is 4.46. The average molecular weight is 225 g/mol. The molecule has 0 saturated carbocycles. The molecule has 3 saturated heterocycles. The van der Waals surface area contributed by atoms with Crippen molar-refractivity contribution in [1.82, 2.24) is 15.1 Å². The summed E-state index contributed by atoms with van der Waals surface area (Å²) in [4.78, 5) is 5.26. The summed E-state index contributed by atoms with van der Waals surface area (Å²) in [6.45, 7) is 7.77. The van der Waals surface area contributed by atoms with Crippen molar-refractivity contribution >= 4 is 0 Å². The summed E-state index contributed by atoms with van der Waals surface area (Å²) in [6.07, 6.45) is 2.60. The molecule has 3 aliphatic rings. The van der Waals surface area contributed by atoms with E-state index >= 15 is 0 Å². The van der Waals surface area contributed by atoms with Crippen molar-refractivity contribution in [2.45, 2.75) is 24.4 Å². The molecule has 1 spiro atoms. The third-order valence-corrected chi connectivity index (χ3v) is 4.46. The van der Waals surface area contributed by atoms with Crippen LogP contribution in [0.1, 0.15) is 12.8 Å². The van der Waals surface area contributed by atoms with E-state index in [1.54, 1.807) is 0 Å². The Bertz CT molecular complexity index is 253. The second-order valence-electron chi connectivity index (χ2n) is 5.59. The minimum Gasteiger partial charge on any atom is -0.378 e. The first kappa shape index (κ1) is 11.0. The van der Waals surface area contributed by atoms with Crippen LogP contribution < -0.4 is 5.32 Å². The van der Waals surface area contributed by atoms with Crippen LogP contribution in [-0.4, -0.2) is 74.4 Å². The fraction of sp³-hybridized carbons (Fsp3) is 1.00. The van der Waals surface area contributed by atoms with Gasteiger partial charge in [0.15, 0.2) is 0 Å². The van der Waals surface area contributed by atoms with E-state index in [4.69, 9.17) is 4.74 Å². The van der Waals surface area contributed by atoms with Gasteiger partial charge in [0.1, 0.15) is 0 Å². The summed E-state index contributed by atoms with van der Waals surface area (Å²) in [7, 11) is 2.26. The summed E-state index contributed by atoms with van der Waals surface area (Å²) >= 11 is 0. The SMILES string of the molecule is CN1CC2COCCN2C2(CCNCC2)C1. The highest BCUT2D eigenvalue weighted by molar-refractivity contribution is 5.03. The summed E-state index contributed by atoms with van der Waals surface area (Å²) in [6, 6.07) is 0.630. The summed E-state index contributed by atoms with van der Waals surface area (Å²) < 4.78 is 5.64. The van der Waals surface area contributed by atoms with Crippen molar-refractivity contribution in [2.24, 2.45) is 0 Å². The molecule has 1 unspecified atom stereocenters. The minimum absolute atomic E-state index is 0.437. The summed E-state index contributed by atoms with van der Waals surface area (Å²) in [5.41, 5.74) is 0.437. The van der Waals surface area contributed by atoms with E-state index in [0.29, 0.717) is 11.6 Å². The van der Waals surface area contributed by atoms with Crippen LogP contribution in [0, 0.1) is 0 Å². The molecule has 1 N–H and O–H groups in total. The zero-order valence-electron chi connectivity index (χ0n) is 10.2. The number of likely N-dealkylation sites (N-methyl/N-ethyl adjacent to an activating group) is 1. The molecular formula is C12H23N3O. The van der Waals surface area contributed by atoms with Crippen molar-refractivity contribution in [1.29, 1.82) is 0 Å². The average Bonchev–Trinajstić information content (AvgIpc) is 2.30. The van der Waals surface area contributed by atoms with Crippen molar-refractivity contribution < 1.29 is 4.74 Å². The highest BCUT2D eigenvalue weighted by atomic mass is 16.5. The lowest BCUT2D eigenvalue weighted by Gasteiger charge is -2.57. The van der Waals surface area contributed by atoms with Crippen molar-refractivity contribution in [2.75, 3.05) is 53.0 Å². The normalized spacial score (nSPS) is 36.2. The van der Waals surface area contributed by atoms with E-state index in [-0.39, 0.29) is 0 Å². The molecule has 3 rings (SSSR count). The van der Waals surface area contributed by atoms with E-state index in [2.05, 4.69) is 22.2 Å². The Morgan fingerprint density at radius 1 is 1.31 bits per heavy atom. The molecule has 16 heavy (non-hydrogen) atoms. The van der Waals surface area contributed by atoms with E-state index in [9.17, 15) is 0 Å². The van der Waals surface area contributed by atoms with Gasteiger partial charge in [-0.2, -0.15) is 0 Å². The van der Waals surface area contributed by atoms with E-state index in [1.807, 2.05) is 0 Å². The maximum absolute atomic E-state index is 5.64. The smallest absolute Gasteiger partial charge is 0.0635 e. The maximum atomic E-state index is 5.64. The molecule has 0 aromatic rings. The number of nitrogens with zero attached hydrogens (tertiary/aromatic N) is 2. The van der Waals surface area contributed by atoms with Gasteiger partial charge in [0.2, 0.25) is 0 Å². The Morgan fingerprint density at radius 3 is 2.94 bits per heavy atom. The molecule has 0 aliphatic carbocycles. The van der Waals surface area contributed by atoms with Gasteiger partial charge in [0, 0.05) is 31.2 Å². The number of piperidine rings is 1. The number of ether oxygens (including phenoxy) is 1. The summed E-state index contributed by atoms with van der Waals surface area (Å²) in [5.74, 6) is 0. The second kappa shape index (κ2) is 4.26. The molecule has 0 aromatic heterocycles.